The Bertz CT molecular complexity index is 159. The molecule has 3 nitrogen and oxygen atoms in total. The van der Waals surface area contributed by atoms with Gasteiger partial charge in [0.15, 0.2) is 0 Å². The van der Waals surface area contributed by atoms with Crippen LogP contribution in [0.5, 0.6) is 0 Å². The molecule has 0 spiro atoms. The lowest BCUT2D eigenvalue weighted by Crippen LogP contribution is -2.46. The van der Waals surface area contributed by atoms with Gasteiger partial charge in [0.25, 0.3) is 0 Å². The van der Waals surface area contributed by atoms with Gasteiger partial charge in [0, 0.05) is 12.6 Å². The molecule has 1 heterocycles. The van der Waals surface area contributed by atoms with Crippen LogP contribution in [-0.4, -0.2) is 56.1 Å². The molecule has 14 heavy (non-hydrogen) atoms. The van der Waals surface area contributed by atoms with Gasteiger partial charge in [0.2, 0.25) is 0 Å². The van der Waals surface area contributed by atoms with Crippen LogP contribution in [0.3, 0.4) is 0 Å². The van der Waals surface area contributed by atoms with Gasteiger partial charge >= 0.3 is 0 Å². The molecule has 1 fully saturated rings. The van der Waals surface area contributed by atoms with Crippen LogP contribution in [0.1, 0.15) is 19.8 Å². The first kappa shape index (κ1) is 12.0. The Kier molecular flexibility index (Phi) is 4.85. The predicted octanol–water partition coefficient (Wildman–Crippen LogP) is 0.607. The van der Waals surface area contributed by atoms with Crippen LogP contribution in [0.4, 0.5) is 0 Å². The maximum absolute atomic E-state index is 5.98. The minimum Gasteiger partial charge on any atom is -0.327 e. The van der Waals surface area contributed by atoms with E-state index in [9.17, 15) is 0 Å². The van der Waals surface area contributed by atoms with E-state index in [0.717, 1.165) is 0 Å². The molecule has 0 aromatic rings. The second-order valence-electron chi connectivity index (χ2n) is 4.89. The lowest BCUT2D eigenvalue weighted by atomic mass is 9.95. The van der Waals surface area contributed by atoms with Gasteiger partial charge in [-0.2, -0.15) is 0 Å². The molecule has 0 saturated carbocycles. The first-order chi connectivity index (χ1) is 6.59. The fourth-order valence-electron chi connectivity index (χ4n) is 2.06. The summed E-state index contributed by atoms with van der Waals surface area (Å²) >= 11 is 0. The fourth-order valence-corrected chi connectivity index (χ4v) is 2.06. The Morgan fingerprint density at radius 3 is 2.71 bits per heavy atom. The summed E-state index contributed by atoms with van der Waals surface area (Å²) < 4.78 is 0. The molecular weight excluding hydrogens is 174 g/mol. The molecule has 0 radical (unpaired) electrons. The molecule has 1 rings (SSSR count). The molecule has 0 amide bonds. The van der Waals surface area contributed by atoms with Crippen molar-refractivity contribution >= 4 is 0 Å². The van der Waals surface area contributed by atoms with Gasteiger partial charge in [-0.15, -0.1) is 0 Å². The summed E-state index contributed by atoms with van der Waals surface area (Å²) in [5.74, 6) is 0.670. The molecule has 3 heteroatoms. The number of nitrogens with zero attached hydrogens (tertiary/aromatic N) is 2. The Morgan fingerprint density at radius 1 is 1.43 bits per heavy atom. The topological polar surface area (TPSA) is 32.5 Å². The van der Waals surface area contributed by atoms with Gasteiger partial charge in [-0.25, -0.2) is 0 Å². The monoisotopic (exact) mass is 199 g/mol. The van der Waals surface area contributed by atoms with Crippen molar-refractivity contribution in [2.75, 3.05) is 40.3 Å². The fraction of sp³-hybridized carbons (Fsp3) is 1.00. The van der Waals surface area contributed by atoms with Gasteiger partial charge in [-0.3, -0.25) is 0 Å². The summed E-state index contributed by atoms with van der Waals surface area (Å²) in [4.78, 5) is 4.80. The SMILES string of the molecule is CC1CN(CCCN(C)C)CCC1N. The van der Waals surface area contributed by atoms with Crippen LogP contribution in [0, 0.1) is 5.92 Å². The van der Waals surface area contributed by atoms with Crippen molar-refractivity contribution in [1.29, 1.82) is 0 Å². The largest absolute Gasteiger partial charge is 0.327 e. The van der Waals surface area contributed by atoms with E-state index in [0.29, 0.717) is 12.0 Å². The highest BCUT2D eigenvalue weighted by Gasteiger charge is 2.22. The Balaban J connectivity index is 2.13. The smallest absolute Gasteiger partial charge is 0.00889 e. The average molecular weight is 199 g/mol. The normalized spacial score (nSPS) is 29.8. The van der Waals surface area contributed by atoms with E-state index in [1.165, 1.54) is 39.0 Å². The summed E-state index contributed by atoms with van der Waals surface area (Å²) in [5, 5.41) is 0. The molecule has 0 aromatic carbocycles. The first-order valence-electron chi connectivity index (χ1n) is 5.72. The average Bonchev–Trinajstić information content (AvgIpc) is 2.10. The number of rotatable bonds is 4. The van der Waals surface area contributed by atoms with Crippen molar-refractivity contribution in [2.45, 2.75) is 25.8 Å². The number of hydrogen-bond acceptors (Lipinski definition) is 3. The lowest BCUT2D eigenvalue weighted by molar-refractivity contribution is 0.159. The highest BCUT2D eigenvalue weighted by molar-refractivity contribution is 4.79. The van der Waals surface area contributed by atoms with E-state index in [1.807, 2.05) is 0 Å². The van der Waals surface area contributed by atoms with E-state index in [2.05, 4.69) is 30.8 Å². The third kappa shape index (κ3) is 3.95. The molecule has 2 atom stereocenters. The van der Waals surface area contributed by atoms with Crippen LogP contribution in [0.25, 0.3) is 0 Å². The van der Waals surface area contributed by atoms with Crippen molar-refractivity contribution in [3.05, 3.63) is 0 Å². The van der Waals surface area contributed by atoms with E-state index in [4.69, 9.17) is 5.73 Å². The number of nitrogens with two attached hydrogens (primary N) is 1. The van der Waals surface area contributed by atoms with Crippen molar-refractivity contribution in [1.82, 2.24) is 9.80 Å². The zero-order chi connectivity index (χ0) is 10.6. The molecule has 1 aliphatic rings. The Morgan fingerprint density at radius 2 is 2.14 bits per heavy atom. The standard InChI is InChI=1S/C11H25N3/c1-10-9-14(8-5-11(10)12)7-4-6-13(2)3/h10-11H,4-9,12H2,1-3H3. The van der Waals surface area contributed by atoms with Gasteiger partial charge in [0.05, 0.1) is 0 Å². The minimum atomic E-state index is 0.431. The quantitative estimate of drug-likeness (QED) is 0.720. The molecule has 0 aromatic heterocycles. The van der Waals surface area contributed by atoms with Crippen LogP contribution in [0.2, 0.25) is 0 Å². The van der Waals surface area contributed by atoms with Crippen molar-refractivity contribution in [3.8, 4) is 0 Å². The molecule has 0 aliphatic carbocycles. The van der Waals surface area contributed by atoms with E-state index >= 15 is 0 Å². The number of likely N-dealkylation sites (tertiary alicyclic amines) is 1. The highest BCUT2D eigenvalue weighted by atomic mass is 15.1. The zero-order valence-corrected chi connectivity index (χ0v) is 9.87. The maximum Gasteiger partial charge on any atom is 0.00889 e. The summed E-state index contributed by atoms with van der Waals surface area (Å²) in [6, 6.07) is 0.431. The first-order valence-corrected chi connectivity index (χ1v) is 5.72. The third-order valence-corrected chi connectivity index (χ3v) is 3.14. The molecule has 0 bridgehead atoms. The Labute approximate surface area is 88.2 Å². The summed E-state index contributed by atoms with van der Waals surface area (Å²) in [6.45, 7) is 7.07. The number of hydrogen-bond donors (Lipinski definition) is 1. The molecule has 2 N–H and O–H groups in total. The van der Waals surface area contributed by atoms with E-state index in [1.54, 1.807) is 0 Å². The molecule has 84 valence electrons. The Hall–Kier alpha value is -0.120. The minimum absolute atomic E-state index is 0.431. The predicted molar refractivity (Wildman–Crippen MR) is 61.4 cm³/mol. The maximum atomic E-state index is 5.98. The second kappa shape index (κ2) is 5.69. The van der Waals surface area contributed by atoms with Crippen LogP contribution >= 0.6 is 0 Å². The van der Waals surface area contributed by atoms with Gasteiger partial charge < -0.3 is 15.5 Å². The van der Waals surface area contributed by atoms with Gasteiger partial charge in [-0.1, -0.05) is 6.92 Å². The molecule has 1 saturated heterocycles. The van der Waals surface area contributed by atoms with Crippen molar-refractivity contribution < 1.29 is 0 Å². The lowest BCUT2D eigenvalue weighted by Gasteiger charge is -2.35. The second-order valence-corrected chi connectivity index (χ2v) is 4.89. The van der Waals surface area contributed by atoms with Crippen LogP contribution < -0.4 is 5.73 Å². The van der Waals surface area contributed by atoms with Crippen LogP contribution in [-0.2, 0) is 0 Å². The van der Waals surface area contributed by atoms with Crippen molar-refractivity contribution in [2.24, 2.45) is 11.7 Å². The summed E-state index contributed by atoms with van der Waals surface area (Å²) in [7, 11) is 4.27. The zero-order valence-electron chi connectivity index (χ0n) is 9.87. The molecular formula is C11H25N3. The highest BCUT2D eigenvalue weighted by Crippen LogP contribution is 2.14. The summed E-state index contributed by atoms with van der Waals surface area (Å²) in [6.07, 6.45) is 2.44. The van der Waals surface area contributed by atoms with Crippen molar-refractivity contribution in [3.63, 3.8) is 0 Å². The molecule has 2 unspecified atom stereocenters. The van der Waals surface area contributed by atoms with Crippen LogP contribution in [0.15, 0.2) is 0 Å². The van der Waals surface area contributed by atoms with E-state index in [-0.39, 0.29) is 0 Å². The van der Waals surface area contributed by atoms with Gasteiger partial charge in [-0.05, 0) is 52.5 Å². The van der Waals surface area contributed by atoms with E-state index < -0.39 is 0 Å². The van der Waals surface area contributed by atoms with Gasteiger partial charge in [0.1, 0.15) is 0 Å². The molecule has 1 aliphatic heterocycles. The summed E-state index contributed by atoms with van der Waals surface area (Å²) in [5.41, 5.74) is 5.98. The third-order valence-electron chi connectivity index (χ3n) is 3.14. The number of piperidine rings is 1.